The number of hydrogen-bond donors (Lipinski definition) is 1. The lowest BCUT2D eigenvalue weighted by Gasteiger charge is -2.35. The molecule has 0 spiro atoms. The zero-order valence-electron chi connectivity index (χ0n) is 12.2. The van der Waals surface area contributed by atoms with Gasteiger partial charge in [0, 0.05) is 31.9 Å². The molecule has 1 amide bonds. The molecule has 0 bridgehead atoms. The zero-order chi connectivity index (χ0) is 16.2. The van der Waals surface area contributed by atoms with Crippen LogP contribution >= 0.6 is 34.5 Å². The Morgan fingerprint density at radius 1 is 1.22 bits per heavy atom. The van der Waals surface area contributed by atoms with Gasteiger partial charge in [0.25, 0.3) is 0 Å². The SMILES string of the molecule is O=C(CN1CCN(c2ccc(Cl)c(Cl)c2)CC1)Nc1nncs1. The van der Waals surface area contributed by atoms with Gasteiger partial charge >= 0.3 is 0 Å². The van der Waals surface area contributed by atoms with Crippen molar-refractivity contribution in [2.75, 3.05) is 42.9 Å². The Kier molecular flexibility index (Phi) is 5.32. The number of aromatic nitrogens is 2. The number of rotatable bonds is 4. The van der Waals surface area contributed by atoms with Gasteiger partial charge in [-0.1, -0.05) is 34.5 Å². The summed E-state index contributed by atoms with van der Waals surface area (Å²) >= 11 is 13.3. The van der Waals surface area contributed by atoms with Crippen molar-refractivity contribution in [3.05, 3.63) is 33.8 Å². The summed E-state index contributed by atoms with van der Waals surface area (Å²) in [5.41, 5.74) is 2.64. The lowest BCUT2D eigenvalue weighted by molar-refractivity contribution is -0.117. The first-order valence-corrected chi connectivity index (χ1v) is 8.74. The van der Waals surface area contributed by atoms with Crippen LogP contribution in [-0.2, 0) is 4.79 Å². The molecule has 1 aromatic carbocycles. The summed E-state index contributed by atoms with van der Waals surface area (Å²) < 4.78 is 0. The van der Waals surface area contributed by atoms with E-state index in [1.54, 1.807) is 11.6 Å². The highest BCUT2D eigenvalue weighted by Gasteiger charge is 2.20. The van der Waals surface area contributed by atoms with E-state index in [1.807, 2.05) is 12.1 Å². The molecule has 3 rings (SSSR count). The van der Waals surface area contributed by atoms with Crippen LogP contribution in [0.3, 0.4) is 0 Å². The second-order valence-electron chi connectivity index (χ2n) is 5.15. The Morgan fingerprint density at radius 3 is 2.65 bits per heavy atom. The van der Waals surface area contributed by atoms with Gasteiger partial charge in [0.15, 0.2) is 0 Å². The van der Waals surface area contributed by atoms with Gasteiger partial charge in [0.05, 0.1) is 16.6 Å². The molecule has 0 saturated carbocycles. The van der Waals surface area contributed by atoms with E-state index in [1.165, 1.54) is 11.3 Å². The van der Waals surface area contributed by atoms with E-state index in [4.69, 9.17) is 23.2 Å². The second kappa shape index (κ2) is 7.44. The monoisotopic (exact) mass is 371 g/mol. The minimum Gasteiger partial charge on any atom is -0.369 e. The maximum Gasteiger partial charge on any atom is 0.240 e. The van der Waals surface area contributed by atoms with Gasteiger partial charge in [0.2, 0.25) is 11.0 Å². The van der Waals surface area contributed by atoms with Gasteiger partial charge in [-0.05, 0) is 18.2 Å². The first-order valence-electron chi connectivity index (χ1n) is 7.10. The van der Waals surface area contributed by atoms with Gasteiger partial charge in [-0.3, -0.25) is 15.0 Å². The van der Waals surface area contributed by atoms with E-state index < -0.39 is 0 Å². The second-order valence-corrected chi connectivity index (χ2v) is 6.80. The zero-order valence-corrected chi connectivity index (χ0v) is 14.5. The van der Waals surface area contributed by atoms with E-state index in [0.717, 1.165) is 31.9 Å². The molecular formula is C14H15Cl2N5OS. The summed E-state index contributed by atoms with van der Waals surface area (Å²) in [5, 5.41) is 11.9. The highest BCUT2D eigenvalue weighted by atomic mass is 35.5. The fourth-order valence-corrected chi connectivity index (χ4v) is 3.19. The molecule has 1 N–H and O–H groups in total. The van der Waals surface area contributed by atoms with Crippen LogP contribution in [0.15, 0.2) is 23.7 Å². The molecule has 0 radical (unpaired) electrons. The molecule has 0 atom stereocenters. The Morgan fingerprint density at radius 2 is 2.00 bits per heavy atom. The van der Waals surface area contributed by atoms with Crippen LogP contribution in [0.5, 0.6) is 0 Å². The summed E-state index contributed by atoms with van der Waals surface area (Å²) in [5.74, 6) is -0.0651. The molecule has 9 heteroatoms. The largest absolute Gasteiger partial charge is 0.369 e. The molecule has 23 heavy (non-hydrogen) atoms. The number of halogens is 2. The predicted molar refractivity (Wildman–Crippen MR) is 93.7 cm³/mol. The van der Waals surface area contributed by atoms with Gasteiger partial charge in [-0.25, -0.2) is 0 Å². The van der Waals surface area contributed by atoms with Crippen LogP contribution < -0.4 is 10.2 Å². The molecule has 1 aliphatic rings. The molecule has 0 unspecified atom stereocenters. The average molecular weight is 372 g/mol. The molecule has 0 aliphatic carbocycles. The number of carbonyl (C=O) groups excluding carboxylic acids is 1. The first kappa shape index (κ1) is 16.4. The van der Waals surface area contributed by atoms with Gasteiger partial charge in [-0.2, -0.15) is 0 Å². The number of piperazine rings is 1. The number of amides is 1. The van der Waals surface area contributed by atoms with E-state index >= 15 is 0 Å². The fraction of sp³-hybridized carbons (Fsp3) is 0.357. The highest BCUT2D eigenvalue weighted by molar-refractivity contribution is 7.13. The third-order valence-corrected chi connectivity index (χ3v) is 4.96. The number of nitrogens with one attached hydrogen (secondary N) is 1. The molecule has 122 valence electrons. The Bertz CT molecular complexity index is 674. The topological polar surface area (TPSA) is 61.4 Å². The summed E-state index contributed by atoms with van der Waals surface area (Å²) in [4.78, 5) is 16.3. The molecule has 1 saturated heterocycles. The van der Waals surface area contributed by atoms with Gasteiger partial charge < -0.3 is 4.90 Å². The van der Waals surface area contributed by atoms with Crippen LogP contribution in [0.2, 0.25) is 10.0 Å². The molecule has 1 aromatic heterocycles. The maximum absolute atomic E-state index is 12.0. The number of hydrogen-bond acceptors (Lipinski definition) is 6. The van der Waals surface area contributed by atoms with E-state index in [9.17, 15) is 4.79 Å². The number of nitrogens with zero attached hydrogens (tertiary/aromatic N) is 4. The van der Waals surface area contributed by atoms with E-state index in [0.29, 0.717) is 21.7 Å². The molecule has 1 aliphatic heterocycles. The maximum atomic E-state index is 12.0. The molecule has 2 heterocycles. The van der Waals surface area contributed by atoms with Crippen molar-refractivity contribution in [2.45, 2.75) is 0 Å². The third-order valence-electron chi connectivity index (χ3n) is 3.61. The van der Waals surface area contributed by atoms with Gasteiger partial charge in [0.1, 0.15) is 5.51 Å². The van der Waals surface area contributed by atoms with Crippen molar-refractivity contribution in [3.8, 4) is 0 Å². The van der Waals surface area contributed by atoms with Crippen LogP contribution in [0.4, 0.5) is 10.8 Å². The molecule has 6 nitrogen and oxygen atoms in total. The minimum absolute atomic E-state index is 0.0651. The van der Waals surface area contributed by atoms with E-state index in [2.05, 4.69) is 25.3 Å². The Hall–Kier alpha value is -1.41. The molecular weight excluding hydrogens is 357 g/mol. The van der Waals surface area contributed by atoms with Crippen LogP contribution in [0.1, 0.15) is 0 Å². The van der Waals surface area contributed by atoms with Crippen molar-refractivity contribution >= 4 is 51.3 Å². The summed E-state index contributed by atoms with van der Waals surface area (Å²) in [6.07, 6.45) is 0. The Labute approximate surface area is 148 Å². The van der Waals surface area contributed by atoms with Crippen LogP contribution in [0.25, 0.3) is 0 Å². The lowest BCUT2D eigenvalue weighted by atomic mass is 10.2. The predicted octanol–water partition coefficient (Wildman–Crippen LogP) is 2.61. The van der Waals surface area contributed by atoms with Crippen molar-refractivity contribution < 1.29 is 4.79 Å². The van der Waals surface area contributed by atoms with Crippen molar-refractivity contribution in [1.29, 1.82) is 0 Å². The van der Waals surface area contributed by atoms with Crippen LogP contribution in [0, 0.1) is 0 Å². The normalized spacial score (nSPS) is 15.7. The number of anilines is 2. The fourth-order valence-electron chi connectivity index (χ4n) is 2.44. The van der Waals surface area contributed by atoms with Crippen molar-refractivity contribution in [2.24, 2.45) is 0 Å². The van der Waals surface area contributed by atoms with Crippen molar-refractivity contribution in [1.82, 2.24) is 15.1 Å². The smallest absolute Gasteiger partial charge is 0.240 e. The number of carbonyl (C=O) groups is 1. The third kappa shape index (κ3) is 4.32. The van der Waals surface area contributed by atoms with Crippen LogP contribution in [-0.4, -0.2) is 53.7 Å². The number of benzene rings is 1. The molecule has 2 aromatic rings. The first-order chi connectivity index (χ1) is 11.1. The average Bonchev–Trinajstić information content (AvgIpc) is 3.03. The molecule has 1 fully saturated rings. The quantitative estimate of drug-likeness (QED) is 0.894. The highest BCUT2D eigenvalue weighted by Crippen LogP contribution is 2.27. The summed E-state index contributed by atoms with van der Waals surface area (Å²) in [6, 6.07) is 5.65. The summed E-state index contributed by atoms with van der Waals surface area (Å²) in [7, 11) is 0. The summed E-state index contributed by atoms with van der Waals surface area (Å²) in [6.45, 7) is 3.65. The van der Waals surface area contributed by atoms with Gasteiger partial charge in [-0.15, -0.1) is 10.2 Å². The minimum atomic E-state index is -0.0651. The lowest BCUT2D eigenvalue weighted by Crippen LogP contribution is -2.48. The Balaban J connectivity index is 1.50. The van der Waals surface area contributed by atoms with E-state index in [-0.39, 0.29) is 5.91 Å². The van der Waals surface area contributed by atoms with Crippen molar-refractivity contribution in [3.63, 3.8) is 0 Å². The standard InChI is InChI=1S/C14H15Cl2N5OS/c15-11-2-1-10(7-12(11)16)21-5-3-20(4-6-21)8-13(22)18-14-19-17-9-23-14/h1-2,7,9H,3-6,8H2,(H,18,19,22).